The molecule has 0 fully saturated rings. The first-order chi connectivity index (χ1) is 16.3. The van der Waals surface area contributed by atoms with Gasteiger partial charge in [0.1, 0.15) is 6.11 Å². The highest BCUT2D eigenvalue weighted by molar-refractivity contribution is 6.37. The Bertz CT molecular complexity index is 1290. The van der Waals surface area contributed by atoms with Gasteiger partial charge in [-0.1, -0.05) is 0 Å². The quantitative estimate of drug-likeness (QED) is 0.190. The van der Waals surface area contributed by atoms with Crippen molar-refractivity contribution >= 4 is 21.1 Å². The molecule has 0 spiro atoms. The van der Waals surface area contributed by atoms with Crippen LogP contribution in [-0.2, 0) is 20.9 Å². The Balaban J connectivity index is 4.60. The summed E-state index contributed by atoms with van der Waals surface area (Å²) in [7, 11) is 0. The molecule has 0 heterocycles. The molecule has 6 heteroatoms. The summed E-state index contributed by atoms with van der Waals surface area (Å²) in [5.74, 6) is 38.2. The molecule has 0 aromatic heterocycles. The van der Waals surface area contributed by atoms with Gasteiger partial charge < -0.3 is 16.1 Å². The topological polar surface area (TPSA) is 54.0 Å². The van der Waals surface area contributed by atoms with Crippen LogP contribution in [0.2, 0.25) is 0 Å². The standard InChI is InChI=1S/C22H6O3.2C3H7O.Al/c1-3-4-5-6-7-8-9-10-11-12-13-14-15-16-17-18-19-25-22(24)20-21(2)23;2*1-3(2)4;/h1,20,23H,2H3;2*3H,1-2H3;/q;2*-1;+3/p-1/b21-20+;;;. The Morgan fingerprint density at radius 2 is 1.09 bits per heavy atom. The van der Waals surface area contributed by atoms with Crippen LogP contribution in [0.15, 0.2) is 11.8 Å². The molecule has 0 bridgehead atoms. The van der Waals surface area contributed by atoms with Crippen LogP contribution in [0.1, 0.15) is 34.6 Å². The van der Waals surface area contributed by atoms with Gasteiger partial charge in [0.2, 0.25) is 0 Å². The van der Waals surface area contributed by atoms with Crippen LogP contribution in [-0.4, -0.2) is 33.3 Å². The summed E-state index contributed by atoms with van der Waals surface area (Å²) in [5.41, 5.74) is 0. The Kier molecular flexibility index (Phi) is 17.7. The van der Waals surface area contributed by atoms with E-state index in [4.69, 9.17) is 22.5 Å². The second-order valence-electron chi connectivity index (χ2n) is 6.07. The fourth-order valence-electron chi connectivity index (χ4n) is 1.46. The van der Waals surface area contributed by atoms with Crippen molar-refractivity contribution in [2.24, 2.45) is 0 Å². The number of hydrogen-bond acceptors (Lipinski definition) is 5. The normalized spacial score (nSPS) is 7.88. The molecule has 0 aliphatic carbocycles. The molecule has 0 saturated heterocycles. The summed E-state index contributed by atoms with van der Waals surface area (Å²) in [6.45, 7) is 9.09. The Hall–Kier alpha value is -4.50. The number of esters is 1. The third kappa shape index (κ3) is 20.8. The van der Waals surface area contributed by atoms with Gasteiger partial charge in [0.25, 0.3) is 0 Å². The third-order valence-electron chi connectivity index (χ3n) is 2.52. The van der Waals surface area contributed by atoms with Crippen molar-refractivity contribution in [3.63, 3.8) is 0 Å². The van der Waals surface area contributed by atoms with Crippen LogP contribution in [0.25, 0.3) is 0 Å². The zero-order valence-corrected chi connectivity index (χ0v) is 20.6. The van der Waals surface area contributed by atoms with Crippen LogP contribution in [0.3, 0.4) is 0 Å². The number of carbonyl (C=O) groups excluding carboxylic acids is 1. The smallest absolute Gasteiger partial charge is 0.602 e. The summed E-state index contributed by atoms with van der Waals surface area (Å²) in [5, 5.41) is 0. The van der Waals surface area contributed by atoms with Crippen LogP contribution < -0.4 is 0 Å². The lowest BCUT2D eigenvalue weighted by Gasteiger charge is -2.18. The number of carbonyl (C=O) groups is 1. The fourth-order valence-corrected chi connectivity index (χ4v) is 2.89. The van der Waals surface area contributed by atoms with E-state index in [0.29, 0.717) is 5.76 Å². The minimum Gasteiger partial charge on any atom is -0.602 e. The number of ether oxygens (including phenoxy) is 1. The average molecular weight is 462 g/mol. The van der Waals surface area contributed by atoms with Crippen molar-refractivity contribution in [1.82, 2.24) is 0 Å². The van der Waals surface area contributed by atoms with E-state index < -0.39 is 21.1 Å². The van der Waals surface area contributed by atoms with Crippen molar-refractivity contribution in [3.05, 3.63) is 11.8 Å². The molecule has 0 aromatic carbocycles. The minimum absolute atomic E-state index is 0.0627. The van der Waals surface area contributed by atoms with Crippen molar-refractivity contribution in [3.8, 4) is 107 Å². The van der Waals surface area contributed by atoms with Crippen molar-refractivity contribution in [1.29, 1.82) is 0 Å². The summed E-state index contributed by atoms with van der Waals surface area (Å²) in [6, 6.07) is 0. The highest BCUT2D eigenvalue weighted by Gasteiger charge is 2.37. The average Bonchev–Trinajstić information content (AvgIpc) is 2.74. The van der Waals surface area contributed by atoms with Gasteiger partial charge in [-0.15, -0.1) is 6.42 Å². The zero-order valence-electron chi connectivity index (χ0n) is 19.4. The van der Waals surface area contributed by atoms with E-state index in [1.54, 1.807) is 6.92 Å². The minimum atomic E-state index is -2.43. The van der Waals surface area contributed by atoms with Gasteiger partial charge in [0.05, 0.1) is 11.8 Å². The van der Waals surface area contributed by atoms with E-state index in [1.165, 1.54) is 0 Å². The molecule has 0 atom stereocenters. The monoisotopic (exact) mass is 462 g/mol. The first-order valence-corrected chi connectivity index (χ1v) is 11.1. The Labute approximate surface area is 207 Å². The molecule has 0 aromatic rings. The van der Waals surface area contributed by atoms with Crippen LogP contribution in [0, 0.1) is 107 Å². The highest BCUT2D eigenvalue weighted by atomic mass is 27.3. The third-order valence-corrected chi connectivity index (χ3v) is 4.62. The second kappa shape index (κ2) is 20.4. The molecule has 164 valence electrons. The SMILES string of the molecule is C#CC#CC#CC#CC#CC#CC#CC#CC#COC(=O)/C=C(\C)[O][Al]([O]C(C)C)[O]C(C)C. The fraction of sp³-hybridized carbons (Fsp3) is 0.250. The number of terminal acetylenes is 1. The van der Waals surface area contributed by atoms with Gasteiger partial charge in [-0.2, -0.15) is 0 Å². The second-order valence-corrected chi connectivity index (χ2v) is 7.43. The largest absolute Gasteiger partial charge is 1.00 e. The van der Waals surface area contributed by atoms with E-state index in [9.17, 15) is 4.79 Å². The zero-order chi connectivity index (χ0) is 25.4. The van der Waals surface area contributed by atoms with Gasteiger partial charge in [-0.3, -0.25) is 0 Å². The molecule has 34 heavy (non-hydrogen) atoms. The predicted molar refractivity (Wildman–Crippen MR) is 130 cm³/mol. The van der Waals surface area contributed by atoms with Gasteiger partial charge in [0.15, 0.2) is 0 Å². The highest BCUT2D eigenvalue weighted by Crippen LogP contribution is 2.07. The molecule has 0 aliphatic heterocycles. The summed E-state index contributed by atoms with van der Waals surface area (Å²) in [6.07, 6.45) is 8.11. The van der Waals surface area contributed by atoms with Crippen molar-refractivity contribution in [2.75, 3.05) is 0 Å². The van der Waals surface area contributed by atoms with Crippen LogP contribution >= 0.6 is 0 Å². The summed E-state index contributed by atoms with van der Waals surface area (Å²) >= 11 is -2.43. The molecule has 0 radical (unpaired) electrons. The van der Waals surface area contributed by atoms with E-state index in [2.05, 4.69) is 101 Å². The Morgan fingerprint density at radius 3 is 1.47 bits per heavy atom. The molecule has 0 rings (SSSR count). The number of rotatable bonds is 7. The van der Waals surface area contributed by atoms with E-state index in [-0.39, 0.29) is 12.2 Å². The number of hydrogen-bond donors (Lipinski definition) is 0. The summed E-state index contributed by atoms with van der Waals surface area (Å²) in [4.78, 5) is 11.8. The van der Waals surface area contributed by atoms with Crippen LogP contribution in [0.5, 0.6) is 0 Å². The summed E-state index contributed by atoms with van der Waals surface area (Å²) < 4.78 is 21.5. The molecule has 5 nitrogen and oxygen atoms in total. The first-order valence-electron chi connectivity index (χ1n) is 9.67. The van der Waals surface area contributed by atoms with E-state index in [0.717, 1.165) is 6.08 Å². The molecule has 0 aliphatic rings. The lowest BCUT2D eigenvalue weighted by atomic mass is 10.5. The van der Waals surface area contributed by atoms with Gasteiger partial charge in [-0.25, -0.2) is 4.79 Å². The van der Waals surface area contributed by atoms with E-state index in [1.807, 2.05) is 27.7 Å². The molecular formula is C28H19AlO5. The molecule has 0 N–H and O–H groups in total. The van der Waals surface area contributed by atoms with Gasteiger partial charge in [-0.05, 0) is 82.0 Å². The maximum Gasteiger partial charge on any atom is 1.00 e. The molecule has 0 unspecified atom stereocenters. The van der Waals surface area contributed by atoms with Gasteiger partial charge >= 0.3 is 21.1 Å². The van der Waals surface area contributed by atoms with Crippen LogP contribution in [0.4, 0.5) is 0 Å². The van der Waals surface area contributed by atoms with Gasteiger partial charge in [0, 0.05) is 59.6 Å². The molecule has 0 saturated carbocycles. The lowest BCUT2D eigenvalue weighted by molar-refractivity contribution is -0.131. The lowest BCUT2D eigenvalue weighted by Crippen LogP contribution is -2.32. The Morgan fingerprint density at radius 1 is 0.706 bits per heavy atom. The molecular weight excluding hydrogens is 443 g/mol. The van der Waals surface area contributed by atoms with E-state index >= 15 is 0 Å². The van der Waals surface area contributed by atoms with Crippen molar-refractivity contribution < 1.29 is 20.9 Å². The van der Waals surface area contributed by atoms with Crippen molar-refractivity contribution in [2.45, 2.75) is 46.8 Å². The maximum absolute atomic E-state index is 11.8. The molecule has 0 amide bonds. The first kappa shape index (κ1) is 29.5. The predicted octanol–water partition coefficient (Wildman–Crippen LogP) is 1.90. The maximum atomic E-state index is 11.8. The number of allylic oxidation sites excluding steroid dienone is 1.